The zero-order chi connectivity index (χ0) is 18.4. The third-order valence-electron chi connectivity index (χ3n) is 2.51. The van der Waals surface area contributed by atoms with E-state index >= 15 is 0 Å². The van der Waals surface area contributed by atoms with Crippen molar-refractivity contribution in [3.8, 4) is 0 Å². The highest BCUT2D eigenvalue weighted by molar-refractivity contribution is 5.81. The van der Waals surface area contributed by atoms with Crippen LogP contribution in [0.25, 0.3) is 0 Å². The van der Waals surface area contributed by atoms with Crippen molar-refractivity contribution in [3.05, 3.63) is 25.3 Å². The number of rotatable bonds is 8. The van der Waals surface area contributed by atoms with Crippen molar-refractivity contribution in [2.24, 2.45) is 0 Å². The van der Waals surface area contributed by atoms with Crippen molar-refractivity contribution in [2.45, 2.75) is 38.3 Å². The molecule has 2 rings (SSSR count). The maximum Gasteiger partial charge on any atom is 0.330 e. The van der Waals surface area contributed by atoms with Gasteiger partial charge in [0, 0.05) is 12.2 Å². The first-order valence-corrected chi connectivity index (χ1v) is 7.60. The highest BCUT2D eigenvalue weighted by Gasteiger charge is 2.24. The smallest absolute Gasteiger partial charge is 0.330 e. The molecule has 2 aliphatic rings. The Morgan fingerprint density at radius 3 is 1.62 bits per heavy atom. The van der Waals surface area contributed by atoms with Gasteiger partial charge in [-0.05, 0) is 6.42 Å². The Morgan fingerprint density at radius 2 is 1.46 bits per heavy atom. The Morgan fingerprint density at radius 1 is 1.08 bits per heavy atom. The summed E-state index contributed by atoms with van der Waals surface area (Å²) in [6, 6.07) is 0. The van der Waals surface area contributed by atoms with Crippen molar-refractivity contribution >= 4 is 11.9 Å². The predicted octanol–water partition coefficient (Wildman–Crippen LogP) is 0.326. The fourth-order valence-electron chi connectivity index (χ4n) is 1.05. The molecule has 0 amide bonds. The van der Waals surface area contributed by atoms with Crippen molar-refractivity contribution in [1.29, 1.82) is 0 Å². The van der Waals surface area contributed by atoms with E-state index in [1.54, 1.807) is 0 Å². The number of aliphatic hydroxyl groups is 2. The summed E-state index contributed by atoms with van der Waals surface area (Å²) in [6.45, 7) is 10.5. The van der Waals surface area contributed by atoms with Crippen LogP contribution in [0.1, 0.15) is 19.8 Å². The zero-order valence-corrected chi connectivity index (χ0v) is 13.9. The molecule has 0 aromatic carbocycles. The van der Waals surface area contributed by atoms with Crippen molar-refractivity contribution < 1.29 is 38.7 Å². The molecular formula is C16H26O8. The lowest BCUT2D eigenvalue weighted by molar-refractivity contribution is -0.139. The van der Waals surface area contributed by atoms with E-state index in [0.29, 0.717) is 32.8 Å². The number of esters is 2. The lowest BCUT2D eigenvalue weighted by Crippen LogP contribution is -2.06. The summed E-state index contributed by atoms with van der Waals surface area (Å²) in [5, 5.41) is 16.2. The van der Waals surface area contributed by atoms with Crippen molar-refractivity contribution in [2.75, 3.05) is 26.4 Å². The Bertz CT molecular complexity index is 354. The summed E-state index contributed by atoms with van der Waals surface area (Å²) >= 11 is 0. The van der Waals surface area contributed by atoms with E-state index in [-0.39, 0.29) is 24.1 Å². The van der Waals surface area contributed by atoms with Gasteiger partial charge in [-0.15, -0.1) is 0 Å². The molecule has 0 spiro atoms. The largest absolute Gasteiger partial charge is 0.460 e. The van der Waals surface area contributed by atoms with E-state index in [9.17, 15) is 9.59 Å². The molecule has 2 N–H and O–H groups in total. The molecule has 0 aromatic heterocycles. The van der Waals surface area contributed by atoms with Gasteiger partial charge in [-0.1, -0.05) is 26.5 Å². The number of aliphatic hydroxyl groups excluding tert-OH is 1. The van der Waals surface area contributed by atoms with Gasteiger partial charge in [0.1, 0.15) is 25.4 Å². The number of carbonyl (C=O) groups excluding carboxylic acids is 2. The molecule has 2 aliphatic heterocycles. The van der Waals surface area contributed by atoms with Gasteiger partial charge in [0.25, 0.3) is 0 Å². The van der Waals surface area contributed by atoms with Crippen LogP contribution in [0.15, 0.2) is 25.3 Å². The van der Waals surface area contributed by atoms with Gasteiger partial charge in [0.2, 0.25) is 0 Å². The summed E-state index contributed by atoms with van der Waals surface area (Å²) < 4.78 is 18.8. The van der Waals surface area contributed by atoms with Gasteiger partial charge in [0.05, 0.1) is 13.2 Å². The molecule has 2 atom stereocenters. The van der Waals surface area contributed by atoms with Crippen LogP contribution in [-0.2, 0) is 28.5 Å². The third kappa shape index (κ3) is 16.6. The Labute approximate surface area is 141 Å². The number of hydrogen-bond donors (Lipinski definition) is 2. The molecule has 8 heteroatoms. The van der Waals surface area contributed by atoms with Crippen LogP contribution in [0, 0.1) is 0 Å². The third-order valence-corrected chi connectivity index (χ3v) is 2.51. The van der Waals surface area contributed by atoms with Gasteiger partial charge in [-0.25, -0.2) is 9.59 Å². The van der Waals surface area contributed by atoms with Gasteiger partial charge < -0.3 is 29.2 Å². The fraction of sp³-hybridized carbons (Fsp3) is 0.625. The maximum atomic E-state index is 10.3. The summed E-state index contributed by atoms with van der Waals surface area (Å²) in [7, 11) is 0. The van der Waals surface area contributed by atoms with Crippen LogP contribution in [0.3, 0.4) is 0 Å². The predicted molar refractivity (Wildman–Crippen MR) is 84.9 cm³/mol. The van der Waals surface area contributed by atoms with E-state index in [1.165, 1.54) is 0 Å². The first-order valence-electron chi connectivity index (χ1n) is 7.60. The molecule has 0 aliphatic carbocycles. The minimum absolute atomic E-state index is 0.147. The molecule has 2 fully saturated rings. The van der Waals surface area contributed by atoms with Crippen molar-refractivity contribution in [3.63, 3.8) is 0 Å². The molecule has 138 valence electrons. The molecule has 2 saturated heterocycles. The second kappa shape index (κ2) is 13.7. The standard InChI is InChI=1S/2C6H8O3.C4H10O2/c2*1-2-6(7)9-4-5-3-8-5;1-2-3-4(5)6/h2*2,5H,1,3-4H2;4-6H,2-3H2,1H3. The van der Waals surface area contributed by atoms with Crippen LogP contribution >= 0.6 is 0 Å². The van der Waals surface area contributed by atoms with Crippen LogP contribution in [-0.4, -0.2) is 67.1 Å². The van der Waals surface area contributed by atoms with E-state index in [0.717, 1.165) is 18.6 Å². The van der Waals surface area contributed by atoms with Gasteiger partial charge in [-0.3, -0.25) is 0 Å². The molecular weight excluding hydrogens is 320 g/mol. The van der Waals surface area contributed by atoms with Crippen LogP contribution in [0.2, 0.25) is 0 Å². The number of epoxide rings is 2. The first-order chi connectivity index (χ1) is 11.4. The molecule has 2 unspecified atom stereocenters. The van der Waals surface area contributed by atoms with Gasteiger partial charge in [0.15, 0.2) is 6.29 Å². The van der Waals surface area contributed by atoms with Crippen LogP contribution < -0.4 is 0 Å². The molecule has 0 bridgehead atoms. The molecule has 8 nitrogen and oxygen atoms in total. The average molecular weight is 346 g/mol. The van der Waals surface area contributed by atoms with E-state index in [1.807, 2.05) is 6.92 Å². The minimum atomic E-state index is -1.10. The monoisotopic (exact) mass is 346 g/mol. The highest BCUT2D eigenvalue weighted by Crippen LogP contribution is 2.08. The van der Waals surface area contributed by atoms with Crippen LogP contribution in [0.5, 0.6) is 0 Å². The maximum absolute atomic E-state index is 10.3. The number of carbonyl (C=O) groups is 2. The Hall–Kier alpha value is -1.74. The molecule has 0 radical (unpaired) electrons. The van der Waals surface area contributed by atoms with E-state index < -0.39 is 6.29 Å². The Balaban J connectivity index is 0.000000340. The fourth-order valence-corrected chi connectivity index (χ4v) is 1.05. The Kier molecular flexibility index (Phi) is 12.7. The summed E-state index contributed by atoms with van der Waals surface area (Å²) in [5.74, 6) is -0.768. The first kappa shape index (κ1) is 22.3. The second-order valence-corrected chi connectivity index (χ2v) is 4.85. The topological polar surface area (TPSA) is 118 Å². The lowest BCUT2D eigenvalue weighted by Gasteiger charge is -1.94. The van der Waals surface area contributed by atoms with Crippen LogP contribution in [0.4, 0.5) is 0 Å². The van der Waals surface area contributed by atoms with Gasteiger partial charge >= 0.3 is 11.9 Å². The second-order valence-electron chi connectivity index (χ2n) is 4.85. The van der Waals surface area contributed by atoms with E-state index in [4.69, 9.17) is 19.7 Å². The van der Waals surface area contributed by atoms with Crippen molar-refractivity contribution in [1.82, 2.24) is 0 Å². The van der Waals surface area contributed by atoms with Gasteiger partial charge in [-0.2, -0.15) is 0 Å². The summed E-state index contributed by atoms with van der Waals surface area (Å²) in [4.78, 5) is 20.7. The average Bonchev–Trinajstić information content (AvgIpc) is 3.45. The number of hydrogen-bond acceptors (Lipinski definition) is 8. The minimum Gasteiger partial charge on any atom is -0.460 e. The summed E-state index contributed by atoms with van der Waals surface area (Å²) in [5.41, 5.74) is 0. The molecule has 24 heavy (non-hydrogen) atoms. The highest BCUT2D eigenvalue weighted by atomic mass is 16.6. The summed E-state index contributed by atoms with van der Waals surface area (Å²) in [6.07, 6.45) is 2.79. The van der Waals surface area contributed by atoms with E-state index in [2.05, 4.69) is 22.6 Å². The molecule has 0 aromatic rings. The quantitative estimate of drug-likeness (QED) is 0.279. The molecule has 0 saturated carbocycles. The zero-order valence-electron chi connectivity index (χ0n) is 13.9. The normalized spacial score (nSPS) is 19.7. The lowest BCUT2D eigenvalue weighted by atomic mass is 10.3. The molecule has 2 heterocycles. The number of ether oxygens (including phenoxy) is 4. The SMILES string of the molecule is C=CC(=O)OCC1CO1.C=CC(=O)OCC1CO1.CCCC(O)O.